The van der Waals surface area contributed by atoms with Crippen molar-refractivity contribution in [2.75, 3.05) is 43.5 Å². The summed E-state index contributed by atoms with van der Waals surface area (Å²) >= 11 is 0. The fraction of sp³-hybridized carbons (Fsp3) is 0.525. The second-order valence-corrected chi connectivity index (χ2v) is 15.0. The Labute approximate surface area is 307 Å². The van der Waals surface area contributed by atoms with Crippen LogP contribution in [0.1, 0.15) is 73.6 Å². The summed E-state index contributed by atoms with van der Waals surface area (Å²) in [5, 5.41) is 5.09. The van der Waals surface area contributed by atoms with Crippen LogP contribution in [0, 0.1) is 31.5 Å². The van der Waals surface area contributed by atoms with Crippen molar-refractivity contribution in [1.82, 2.24) is 14.8 Å². The number of imide groups is 1. The molecule has 3 aliphatic heterocycles. The van der Waals surface area contributed by atoms with Crippen LogP contribution >= 0.6 is 0 Å². The Morgan fingerprint density at radius 3 is 2.19 bits per heavy atom. The molecule has 0 aliphatic carbocycles. The molecule has 9 nitrogen and oxygen atoms in total. The number of aryl methyl sites for hydroxylation is 1. The predicted octanol–water partition coefficient (Wildman–Crippen LogP) is 6.96. The first kappa shape index (κ1) is 38.3. The third-order valence-corrected chi connectivity index (χ3v) is 11.5. The molecule has 6 rings (SSSR count). The molecule has 13 heteroatoms. The minimum atomic E-state index is -4.56. The number of carbonyl (C=O) groups is 2. The minimum absolute atomic E-state index is 0.0747. The van der Waals surface area contributed by atoms with Crippen LogP contribution < -0.4 is 25.8 Å². The summed E-state index contributed by atoms with van der Waals surface area (Å²) in [6.45, 7) is 6.88. The molecule has 2 amide bonds. The Hall–Kier alpha value is -4.39. The molecule has 3 aliphatic rings. The fourth-order valence-corrected chi connectivity index (χ4v) is 8.12. The number of hydrogen-bond donors (Lipinski definition) is 2. The maximum absolute atomic E-state index is 15.6. The number of hydrogen-bond acceptors (Lipinski definition) is 7. The van der Waals surface area contributed by atoms with E-state index in [1.807, 2.05) is 17.9 Å². The second kappa shape index (κ2) is 15.9. The number of aromatic nitrogens is 1. The van der Waals surface area contributed by atoms with E-state index in [1.54, 1.807) is 33.3 Å². The summed E-state index contributed by atoms with van der Waals surface area (Å²) in [5.74, 6) is 0.240. The highest BCUT2D eigenvalue weighted by molar-refractivity contribution is 6.01. The van der Waals surface area contributed by atoms with E-state index in [2.05, 4.69) is 15.5 Å². The van der Waals surface area contributed by atoms with Crippen molar-refractivity contribution in [3.8, 4) is 16.9 Å². The number of ether oxygens (including phenoxy) is 1. The van der Waals surface area contributed by atoms with Gasteiger partial charge in [-0.1, -0.05) is 12.8 Å². The normalized spacial score (nSPS) is 19.4. The van der Waals surface area contributed by atoms with Crippen molar-refractivity contribution in [2.24, 2.45) is 18.9 Å². The summed E-state index contributed by atoms with van der Waals surface area (Å²) in [4.78, 5) is 40.0. The zero-order valence-corrected chi connectivity index (χ0v) is 30.9. The molecule has 1 atom stereocenters. The van der Waals surface area contributed by atoms with Gasteiger partial charge in [-0.25, -0.2) is 4.39 Å². The lowest BCUT2D eigenvalue weighted by Crippen LogP contribution is -2.47. The van der Waals surface area contributed by atoms with Gasteiger partial charge in [-0.2, -0.15) is 13.2 Å². The van der Waals surface area contributed by atoms with Gasteiger partial charge in [-0.15, -0.1) is 0 Å². The first-order chi connectivity index (χ1) is 25.2. The lowest BCUT2D eigenvalue weighted by atomic mass is 9.85. The molecule has 2 aromatic carbocycles. The standard InChI is InChI=1S/C40H49F4N5O4/c1-24-25(2)39(52)47(3)22-30(24)28-19-33(41)31(36(20-28)53-4)23-48-15-11-26(12-16-48)5-6-27-13-17-49(18-14-27)35-9-7-29(21-32(35)40(42,43)44)45-34-8-10-37(50)46-38(34)51/h7,9,19-22,26-27,34,45H,5-6,8,10-18,23H2,1-4H3,(H,46,50,51). The SMILES string of the molecule is COc1cc(-c2cn(C)c(=O)c(C)c2C)cc(F)c1CN1CCC(CCC2CCN(c3ccc(NC4CCC(=O)NC4=O)cc3C(F)(F)F)CC2)CC1. The van der Waals surface area contributed by atoms with Gasteiger partial charge >= 0.3 is 6.18 Å². The molecule has 0 saturated carbocycles. The molecule has 0 radical (unpaired) electrons. The molecular formula is C40H49F4N5O4. The Balaban J connectivity index is 0.991. The highest BCUT2D eigenvalue weighted by atomic mass is 19.4. The van der Waals surface area contributed by atoms with Gasteiger partial charge in [0.05, 0.1) is 12.7 Å². The van der Waals surface area contributed by atoms with Crippen LogP contribution in [0.25, 0.3) is 11.1 Å². The monoisotopic (exact) mass is 739 g/mol. The number of halogens is 4. The highest BCUT2D eigenvalue weighted by Gasteiger charge is 2.37. The highest BCUT2D eigenvalue weighted by Crippen LogP contribution is 2.41. The summed E-state index contributed by atoms with van der Waals surface area (Å²) in [6.07, 6.45) is 3.29. The van der Waals surface area contributed by atoms with Crippen molar-refractivity contribution >= 4 is 23.2 Å². The zero-order chi connectivity index (χ0) is 38.0. The van der Waals surface area contributed by atoms with Crippen LogP contribution in [0.4, 0.5) is 28.9 Å². The number of amides is 2. The fourth-order valence-electron chi connectivity index (χ4n) is 8.12. The number of piperidine rings is 3. The van der Waals surface area contributed by atoms with Gasteiger partial charge < -0.3 is 19.5 Å². The van der Waals surface area contributed by atoms with Gasteiger partial charge in [0.25, 0.3) is 5.56 Å². The summed E-state index contributed by atoms with van der Waals surface area (Å²) in [6, 6.07) is 6.74. The number of anilines is 2. The Kier molecular flexibility index (Phi) is 11.5. The number of rotatable bonds is 10. The van der Waals surface area contributed by atoms with E-state index in [0.29, 0.717) is 53.9 Å². The number of methoxy groups -OCH3 is 1. The largest absolute Gasteiger partial charge is 0.496 e. The number of benzene rings is 2. The number of nitrogens with one attached hydrogen (secondary N) is 2. The van der Waals surface area contributed by atoms with Gasteiger partial charge in [0.15, 0.2) is 0 Å². The molecule has 286 valence electrons. The molecule has 1 unspecified atom stereocenters. The van der Waals surface area contributed by atoms with Crippen LogP contribution in [0.2, 0.25) is 0 Å². The maximum atomic E-state index is 15.6. The number of pyridine rings is 1. The Bertz CT molecular complexity index is 1890. The van der Waals surface area contributed by atoms with Gasteiger partial charge in [0.1, 0.15) is 17.6 Å². The molecule has 2 N–H and O–H groups in total. The first-order valence-electron chi connectivity index (χ1n) is 18.5. The smallest absolute Gasteiger partial charge is 0.418 e. The molecule has 4 heterocycles. The van der Waals surface area contributed by atoms with Gasteiger partial charge in [-0.3, -0.25) is 24.6 Å². The number of nitrogens with zero attached hydrogens (tertiary/aromatic N) is 3. The maximum Gasteiger partial charge on any atom is 0.418 e. The summed E-state index contributed by atoms with van der Waals surface area (Å²) < 4.78 is 65.5. The van der Waals surface area contributed by atoms with Crippen LogP contribution in [-0.2, 0) is 29.4 Å². The summed E-state index contributed by atoms with van der Waals surface area (Å²) in [7, 11) is 3.24. The van der Waals surface area contributed by atoms with Crippen LogP contribution in [0.3, 0.4) is 0 Å². The molecule has 1 aromatic heterocycles. The number of alkyl halides is 3. The van der Waals surface area contributed by atoms with Crippen molar-refractivity contribution in [3.63, 3.8) is 0 Å². The van der Waals surface area contributed by atoms with E-state index in [9.17, 15) is 27.6 Å². The third kappa shape index (κ3) is 8.71. The summed E-state index contributed by atoms with van der Waals surface area (Å²) in [5.41, 5.74) is 2.97. The van der Waals surface area contributed by atoms with Crippen molar-refractivity contribution in [3.05, 3.63) is 75.0 Å². The predicted molar refractivity (Wildman–Crippen MR) is 197 cm³/mol. The molecular weight excluding hydrogens is 690 g/mol. The molecule has 3 fully saturated rings. The average Bonchev–Trinajstić information content (AvgIpc) is 3.13. The van der Waals surface area contributed by atoms with E-state index in [4.69, 9.17) is 4.74 Å². The van der Waals surface area contributed by atoms with E-state index in [0.717, 1.165) is 68.8 Å². The average molecular weight is 740 g/mol. The number of carbonyl (C=O) groups excluding carboxylic acids is 2. The van der Waals surface area contributed by atoms with E-state index < -0.39 is 23.7 Å². The van der Waals surface area contributed by atoms with Crippen molar-refractivity contribution in [2.45, 2.75) is 84.0 Å². The molecule has 0 bridgehead atoms. The molecule has 3 aromatic rings. The van der Waals surface area contributed by atoms with E-state index in [-0.39, 0.29) is 41.5 Å². The van der Waals surface area contributed by atoms with E-state index in [1.165, 1.54) is 16.7 Å². The van der Waals surface area contributed by atoms with Gasteiger partial charge in [-0.05, 0) is 112 Å². The van der Waals surface area contributed by atoms with Crippen LogP contribution in [-0.4, -0.2) is 60.6 Å². The topological polar surface area (TPSA) is 95.9 Å². The van der Waals surface area contributed by atoms with Crippen LogP contribution in [0.5, 0.6) is 5.75 Å². The van der Waals surface area contributed by atoms with Crippen LogP contribution in [0.15, 0.2) is 41.3 Å². The quantitative estimate of drug-likeness (QED) is 0.172. The Morgan fingerprint density at radius 1 is 0.906 bits per heavy atom. The molecule has 53 heavy (non-hydrogen) atoms. The molecule has 3 saturated heterocycles. The lowest BCUT2D eigenvalue weighted by molar-refractivity contribution is -0.137. The lowest BCUT2D eigenvalue weighted by Gasteiger charge is -2.36. The van der Waals surface area contributed by atoms with Gasteiger partial charge in [0.2, 0.25) is 11.8 Å². The zero-order valence-electron chi connectivity index (χ0n) is 30.9. The molecule has 0 spiro atoms. The van der Waals surface area contributed by atoms with Crippen molar-refractivity contribution in [1.29, 1.82) is 0 Å². The minimum Gasteiger partial charge on any atom is -0.496 e. The van der Waals surface area contributed by atoms with Gasteiger partial charge in [0, 0.05) is 67.4 Å². The Morgan fingerprint density at radius 2 is 1.57 bits per heavy atom. The first-order valence-corrected chi connectivity index (χ1v) is 18.5. The van der Waals surface area contributed by atoms with E-state index >= 15 is 4.39 Å². The second-order valence-electron chi connectivity index (χ2n) is 15.0. The third-order valence-electron chi connectivity index (χ3n) is 11.5. The van der Waals surface area contributed by atoms with Crippen molar-refractivity contribution < 1.29 is 31.9 Å². The number of likely N-dealkylation sites (tertiary alicyclic amines) is 1.